The molecule has 0 atom stereocenters. The summed E-state index contributed by atoms with van der Waals surface area (Å²) in [7, 11) is 0. The molecule has 2 aromatic carbocycles. The summed E-state index contributed by atoms with van der Waals surface area (Å²) in [5.74, 6) is 0.0110. The van der Waals surface area contributed by atoms with Gasteiger partial charge in [-0.25, -0.2) is 0 Å². The fourth-order valence-electron chi connectivity index (χ4n) is 2.59. The molecule has 0 saturated carbocycles. The van der Waals surface area contributed by atoms with E-state index in [0.29, 0.717) is 23.5 Å². The lowest BCUT2D eigenvalue weighted by atomic mass is 10.1. The molecule has 144 valence electrons. The summed E-state index contributed by atoms with van der Waals surface area (Å²) in [6, 6.07) is 10.3. The van der Waals surface area contributed by atoms with E-state index < -0.39 is 16.1 Å². The van der Waals surface area contributed by atoms with Gasteiger partial charge in [-0.15, -0.1) is 0 Å². The molecule has 8 nitrogen and oxygen atoms in total. The third kappa shape index (κ3) is 4.15. The molecule has 3 rings (SSSR count). The van der Waals surface area contributed by atoms with Gasteiger partial charge >= 0.3 is 0 Å². The van der Waals surface area contributed by atoms with Crippen molar-refractivity contribution in [3.8, 4) is 11.5 Å². The molecule has 0 aliphatic carbocycles. The maximum absolute atomic E-state index is 12.6. The number of nitro benzene ring substituents is 1. The Morgan fingerprint density at radius 2 is 1.93 bits per heavy atom. The average Bonchev–Trinajstić information content (AvgIpc) is 2.92. The minimum Gasteiger partial charge on any atom is -0.507 e. The number of hydrogen-bond acceptors (Lipinski definition) is 7. The number of thioether (sulfide) groups is 1. The number of nitro groups is 1. The van der Waals surface area contributed by atoms with Gasteiger partial charge in [0.25, 0.3) is 16.8 Å². The third-order valence-corrected chi connectivity index (χ3v) is 4.87. The molecule has 1 N–H and O–H groups in total. The number of non-ortho nitro benzene ring substituents is 1. The van der Waals surface area contributed by atoms with Crippen LogP contribution in [0, 0.1) is 10.1 Å². The molecule has 1 saturated heterocycles. The highest BCUT2D eigenvalue weighted by molar-refractivity contribution is 8.18. The monoisotopic (exact) mass is 400 g/mol. The highest BCUT2D eigenvalue weighted by Gasteiger charge is 2.35. The Labute approximate surface area is 164 Å². The number of carbonyl (C=O) groups excluding carboxylic acids is 2. The number of phenolic OH excluding ortho intramolecular Hbond substituents is 1. The van der Waals surface area contributed by atoms with Crippen molar-refractivity contribution < 1.29 is 24.4 Å². The fourth-order valence-corrected chi connectivity index (χ4v) is 3.42. The normalized spacial score (nSPS) is 15.3. The number of aromatic hydroxyl groups is 1. The van der Waals surface area contributed by atoms with E-state index in [-0.39, 0.29) is 22.9 Å². The molecule has 2 aromatic rings. The maximum atomic E-state index is 12.6. The topological polar surface area (TPSA) is 110 Å². The van der Waals surface area contributed by atoms with E-state index in [1.165, 1.54) is 36.4 Å². The first-order chi connectivity index (χ1) is 13.4. The molecule has 0 radical (unpaired) electrons. The molecule has 0 aromatic heterocycles. The molecule has 28 heavy (non-hydrogen) atoms. The van der Waals surface area contributed by atoms with Gasteiger partial charge in [0.15, 0.2) is 0 Å². The van der Waals surface area contributed by atoms with Crippen molar-refractivity contribution in [2.75, 3.05) is 6.61 Å². The first-order valence-corrected chi connectivity index (χ1v) is 9.15. The van der Waals surface area contributed by atoms with Crippen LogP contribution in [0.3, 0.4) is 0 Å². The molecule has 2 amide bonds. The first kappa shape index (κ1) is 19.4. The highest BCUT2D eigenvalue weighted by Crippen LogP contribution is 2.35. The van der Waals surface area contributed by atoms with Crippen LogP contribution in [0.1, 0.15) is 18.1 Å². The Hall–Kier alpha value is -3.33. The van der Waals surface area contributed by atoms with Gasteiger partial charge in [-0.3, -0.25) is 24.6 Å². The summed E-state index contributed by atoms with van der Waals surface area (Å²) in [6.07, 6.45) is 1.44. The van der Waals surface area contributed by atoms with Crippen molar-refractivity contribution in [2.24, 2.45) is 0 Å². The van der Waals surface area contributed by atoms with E-state index in [4.69, 9.17) is 4.74 Å². The van der Waals surface area contributed by atoms with Crippen molar-refractivity contribution in [1.29, 1.82) is 0 Å². The standard InChI is InChI=1S/C19H16N2O6S/c1-2-27-15-7-8-16(22)13(9-15)10-17-18(23)20(19(24)28-17)11-12-3-5-14(6-4-12)21(25)26/h3-10,22H,2,11H2,1H3/b17-10-. The van der Waals surface area contributed by atoms with Crippen LogP contribution >= 0.6 is 11.8 Å². The van der Waals surface area contributed by atoms with E-state index in [9.17, 15) is 24.8 Å². The smallest absolute Gasteiger partial charge is 0.293 e. The van der Waals surface area contributed by atoms with Gasteiger partial charge in [-0.1, -0.05) is 12.1 Å². The zero-order valence-corrected chi connectivity index (χ0v) is 15.6. The van der Waals surface area contributed by atoms with Crippen LogP contribution in [0.2, 0.25) is 0 Å². The van der Waals surface area contributed by atoms with Crippen molar-refractivity contribution >= 4 is 34.7 Å². The van der Waals surface area contributed by atoms with E-state index in [1.807, 2.05) is 6.92 Å². The molecule has 1 heterocycles. The van der Waals surface area contributed by atoms with Gasteiger partial charge < -0.3 is 9.84 Å². The molecule has 9 heteroatoms. The number of phenols is 1. The third-order valence-electron chi connectivity index (χ3n) is 3.96. The summed E-state index contributed by atoms with van der Waals surface area (Å²) in [6.45, 7) is 2.29. The maximum Gasteiger partial charge on any atom is 0.293 e. The Bertz CT molecular complexity index is 971. The SMILES string of the molecule is CCOc1ccc(O)c(/C=C2\SC(=O)N(Cc3ccc([N+](=O)[O-])cc3)C2=O)c1. The molecule has 1 aliphatic rings. The van der Waals surface area contributed by atoms with Crippen molar-refractivity contribution in [3.05, 3.63) is 68.6 Å². The Balaban J connectivity index is 1.80. The molecule has 0 spiro atoms. The predicted molar refractivity (Wildman–Crippen MR) is 104 cm³/mol. The number of nitrogens with zero attached hydrogens (tertiary/aromatic N) is 2. The summed E-state index contributed by atoms with van der Waals surface area (Å²) in [4.78, 5) is 36.3. The van der Waals surface area contributed by atoms with E-state index in [2.05, 4.69) is 0 Å². The lowest BCUT2D eigenvalue weighted by Gasteiger charge is -2.12. The largest absolute Gasteiger partial charge is 0.507 e. The van der Waals surface area contributed by atoms with Gasteiger partial charge in [0, 0.05) is 17.7 Å². The summed E-state index contributed by atoms with van der Waals surface area (Å²) in [5, 5.41) is 20.3. The number of benzene rings is 2. The van der Waals surface area contributed by atoms with Gasteiger partial charge in [0.1, 0.15) is 11.5 Å². The first-order valence-electron chi connectivity index (χ1n) is 8.33. The van der Waals surface area contributed by atoms with Crippen molar-refractivity contribution in [2.45, 2.75) is 13.5 Å². The van der Waals surface area contributed by atoms with Gasteiger partial charge in [0.2, 0.25) is 0 Å². The molecule has 1 fully saturated rings. The van der Waals surface area contributed by atoms with Crippen molar-refractivity contribution in [3.63, 3.8) is 0 Å². The van der Waals surface area contributed by atoms with Crippen LogP contribution in [0.5, 0.6) is 11.5 Å². The Kier molecular flexibility index (Phi) is 5.65. The number of carbonyl (C=O) groups is 2. The number of amides is 2. The van der Waals surface area contributed by atoms with Crippen LogP contribution in [0.15, 0.2) is 47.4 Å². The lowest BCUT2D eigenvalue weighted by molar-refractivity contribution is -0.384. The van der Waals surface area contributed by atoms with Gasteiger partial charge in [-0.05, 0) is 48.5 Å². The van der Waals surface area contributed by atoms with E-state index in [0.717, 1.165) is 16.7 Å². The van der Waals surface area contributed by atoms with Crippen LogP contribution in [-0.4, -0.2) is 32.7 Å². The number of rotatable bonds is 6. The minimum atomic E-state index is -0.518. The molecular formula is C19H16N2O6S. The van der Waals surface area contributed by atoms with Crippen LogP contribution in [0.4, 0.5) is 10.5 Å². The van der Waals surface area contributed by atoms with Gasteiger partial charge in [0.05, 0.1) is 23.0 Å². The van der Waals surface area contributed by atoms with E-state index in [1.54, 1.807) is 12.1 Å². The second-order valence-electron chi connectivity index (χ2n) is 5.85. The number of imide groups is 1. The van der Waals surface area contributed by atoms with Crippen molar-refractivity contribution in [1.82, 2.24) is 4.90 Å². The van der Waals surface area contributed by atoms with Crippen LogP contribution in [-0.2, 0) is 11.3 Å². The molecular weight excluding hydrogens is 384 g/mol. The zero-order chi connectivity index (χ0) is 20.3. The lowest BCUT2D eigenvalue weighted by Crippen LogP contribution is -2.27. The molecule has 0 bridgehead atoms. The fraction of sp³-hybridized carbons (Fsp3) is 0.158. The van der Waals surface area contributed by atoms with E-state index >= 15 is 0 Å². The molecule has 1 aliphatic heterocycles. The highest BCUT2D eigenvalue weighted by atomic mass is 32.2. The Morgan fingerprint density at radius 1 is 1.21 bits per heavy atom. The number of hydrogen-bond donors (Lipinski definition) is 1. The summed E-state index contributed by atoms with van der Waals surface area (Å²) in [5.41, 5.74) is 0.893. The number of ether oxygens (including phenoxy) is 1. The average molecular weight is 400 g/mol. The minimum absolute atomic E-state index is 0.00493. The molecule has 0 unspecified atom stereocenters. The van der Waals surface area contributed by atoms with Crippen LogP contribution < -0.4 is 4.74 Å². The quantitative estimate of drug-likeness (QED) is 0.444. The second kappa shape index (κ2) is 8.13. The predicted octanol–water partition coefficient (Wildman–Crippen LogP) is 3.94. The summed E-state index contributed by atoms with van der Waals surface area (Å²) < 4.78 is 5.38. The zero-order valence-electron chi connectivity index (χ0n) is 14.8. The summed E-state index contributed by atoms with van der Waals surface area (Å²) >= 11 is 0.770. The van der Waals surface area contributed by atoms with Gasteiger partial charge in [-0.2, -0.15) is 0 Å². The second-order valence-corrected chi connectivity index (χ2v) is 6.84. The van der Waals surface area contributed by atoms with Crippen LogP contribution in [0.25, 0.3) is 6.08 Å². The Morgan fingerprint density at radius 3 is 2.57 bits per heavy atom.